The first kappa shape index (κ1) is 12.9. The monoisotopic (exact) mass is 256 g/mol. The lowest BCUT2D eigenvalue weighted by atomic mass is 10.2. The van der Waals surface area contributed by atoms with Crippen molar-refractivity contribution in [3.63, 3.8) is 0 Å². The molecule has 1 aliphatic rings. The van der Waals surface area contributed by atoms with E-state index in [4.69, 9.17) is 10.5 Å². The van der Waals surface area contributed by atoms with Crippen LogP contribution < -0.4 is 5.73 Å². The molecule has 1 saturated heterocycles. The van der Waals surface area contributed by atoms with Gasteiger partial charge >= 0.3 is 0 Å². The van der Waals surface area contributed by atoms with E-state index < -0.39 is 0 Å². The molecule has 0 spiro atoms. The highest BCUT2D eigenvalue weighted by Gasteiger charge is 2.21. The van der Waals surface area contributed by atoms with Gasteiger partial charge < -0.3 is 15.0 Å². The summed E-state index contributed by atoms with van der Waals surface area (Å²) in [7, 11) is 0. The molecular formula is C11H20N4OS. The Labute approximate surface area is 106 Å². The van der Waals surface area contributed by atoms with Crippen molar-refractivity contribution in [3.8, 4) is 0 Å². The van der Waals surface area contributed by atoms with E-state index in [0.717, 1.165) is 30.6 Å². The van der Waals surface area contributed by atoms with Crippen LogP contribution in [0.2, 0.25) is 0 Å². The van der Waals surface area contributed by atoms with E-state index in [1.807, 2.05) is 0 Å². The first-order valence-electron chi connectivity index (χ1n) is 6.10. The number of aromatic nitrogens is 3. The van der Waals surface area contributed by atoms with Crippen LogP contribution in [0.5, 0.6) is 0 Å². The molecule has 1 aromatic heterocycles. The SMILES string of the molecule is CC(C)n1c(CN)nnc1SC1CCCOC1. The molecule has 2 rings (SSSR count). The van der Waals surface area contributed by atoms with Crippen LogP contribution in [0.4, 0.5) is 0 Å². The Bertz CT molecular complexity index is 360. The second-order valence-corrected chi connectivity index (χ2v) is 5.79. The van der Waals surface area contributed by atoms with Gasteiger partial charge in [0, 0.05) is 17.9 Å². The molecule has 1 aliphatic heterocycles. The molecule has 1 unspecified atom stereocenters. The Morgan fingerprint density at radius 2 is 2.35 bits per heavy atom. The van der Waals surface area contributed by atoms with Crippen molar-refractivity contribution in [1.29, 1.82) is 0 Å². The summed E-state index contributed by atoms with van der Waals surface area (Å²) in [5.41, 5.74) is 5.68. The van der Waals surface area contributed by atoms with E-state index in [0.29, 0.717) is 17.8 Å². The van der Waals surface area contributed by atoms with Gasteiger partial charge in [-0.3, -0.25) is 0 Å². The van der Waals surface area contributed by atoms with Gasteiger partial charge in [-0.1, -0.05) is 11.8 Å². The van der Waals surface area contributed by atoms with E-state index in [1.54, 1.807) is 11.8 Å². The highest BCUT2D eigenvalue weighted by atomic mass is 32.2. The zero-order valence-electron chi connectivity index (χ0n) is 10.4. The highest BCUT2D eigenvalue weighted by molar-refractivity contribution is 7.99. The average molecular weight is 256 g/mol. The van der Waals surface area contributed by atoms with Gasteiger partial charge in [0.25, 0.3) is 0 Å². The maximum atomic E-state index is 5.68. The maximum absolute atomic E-state index is 5.68. The Hall–Kier alpha value is -0.590. The second kappa shape index (κ2) is 5.84. The zero-order valence-corrected chi connectivity index (χ0v) is 11.2. The van der Waals surface area contributed by atoms with Crippen molar-refractivity contribution in [2.24, 2.45) is 5.73 Å². The van der Waals surface area contributed by atoms with Crippen LogP contribution in [0.3, 0.4) is 0 Å². The normalized spacial score (nSPS) is 21.1. The van der Waals surface area contributed by atoms with Crippen molar-refractivity contribution in [3.05, 3.63) is 5.82 Å². The largest absolute Gasteiger partial charge is 0.380 e. The fourth-order valence-electron chi connectivity index (χ4n) is 2.00. The van der Waals surface area contributed by atoms with Crippen molar-refractivity contribution >= 4 is 11.8 Å². The molecule has 0 saturated carbocycles. The van der Waals surface area contributed by atoms with Gasteiger partial charge in [0.05, 0.1) is 13.2 Å². The van der Waals surface area contributed by atoms with Gasteiger partial charge in [0.1, 0.15) is 5.82 Å². The third kappa shape index (κ3) is 3.00. The minimum absolute atomic E-state index is 0.343. The second-order valence-electron chi connectivity index (χ2n) is 4.52. The van der Waals surface area contributed by atoms with Gasteiger partial charge in [-0.25, -0.2) is 0 Å². The molecule has 0 bridgehead atoms. The number of thioether (sulfide) groups is 1. The van der Waals surface area contributed by atoms with Crippen molar-refractivity contribution in [2.45, 2.75) is 49.7 Å². The van der Waals surface area contributed by atoms with Crippen molar-refractivity contribution in [1.82, 2.24) is 14.8 Å². The van der Waals surface area contributed by atoms with Crippen LogP contribution in [-0.2, 0) is 11.3 Å². The van der Waals surface area contributed by atoms with E-state index in [2.05, 4.69) is 28.6 Å². The van der Waals surface area contributed by atoms with Crippen molar-refractivity contribution in [2.75, 3.05) is 13.2 Å². The van der Waals surface area contributed by atoms with Crippen LogP contribution in [-0.4, -0.2) is 33.2 Å². The number of hydrogen-bond acceptors (Lipinski definition) is 5. The topological polar surface area (TPSA) is 66.0 Å². The molecule has 1 atom stereocenters. The molecule has 17 heavy (non-hydrogen) atoms. The average Bonchev–Trinajstić information content (AvgIpc) is 2.73. The third-order valence-corrected chi connectivity index (χ3v) is 4.02. The quantitative estimate of drug-likeness (QED) is 0.886. The summed E-state index contributed by atoms with van der Waals surface area (Å²) in [6.45, 7) is 6.40. The molecule has 0 aliphatic carbocycles. The Kier molecular flexibility index (Phi) is 4.42. The molecule has 5 nitrogen and oxygen atoms in total. The fraction of sp³-hybridized carbons (Fsp3) is 0.818. The lowest BCUT2D eigenvalue weighted by molar-refractivity contribution is 0.101. The zero-order chi connectivity index (χ0) is 12.3. The summed E-state index contributed by atoms with van der Waals surface area (Å²) in [6, 6.07) is 0.343. The third-order valence-electron chi connectivity index (χ3n) is 2.82. The first-order chi connectivity index (χ1) is 8.22. The molecule has 2 N–H and O–H groups in total. The van der Waals surface area contributed by atoms with Crippen LogP contribution in [0.25, 0.3) is 0 Å². The van der Waals surface area contributed by atoms with E-state index in [-0.39, 0.29) is 0 Å². The van der Waals surface area contributed by atoms with Crippen LogP contribution in [0.1, 0.15) is 38.6 Å². The number of hydrogen-bond donors (Lipinski definition) is 1. The van der Waals surface area contributed by atoms with Gasteiger partial charge in [-0.15, -0.1) is 10.2 Å². The summed E-state index contributed by atoms with van der Waals surface area (Å²) in [6.07, 6.45) is 2.32. The predicted molar refractivity (Wildman–Crippen MR) is 68.0 cm³/mol. The van der Waals surface area contributed by atoms with E-state index in [1.165, 1.54) is 6.42 Å². The Morgan fingerprint density at radius 1 is 1.53 bits per heavy atom. The van der Waals surface area contributed by atoms with Crippen LogP contribution in [0, 0.1) is 0 Å². The lowest BCUT2D eigenvalue weighted by Gasteiger charge is -2.22. The Morgan fingerprint density at radius 3 is 2.94 bits per heavy atom. The van der Waals surface area contributed by atoms with E-state index >= 15 is 0 Å². The van der Waals surface area contributed by atoms with E-state index in [9.17, 15) is 0 Å². The molecule has 6 heteroatoms. The highest BCUT2D eigenvalue weighted by Crippen LogP contribution is 2.29. The lowest BCUT2D eigenvalue weighted by Crippen LogP contribution is -2.20. The molecule has 0 radical (unpaired) electrons. The Balaban J connectivity index is 2.11. The smallest absolute Gasteiger partial charge is 0.191 e. The number of nitrogens with two attached hydrogens (primary N) is 1. The number of ether oxygens (including phenoxy) is 1. The predicted octanol–water partition coefficient (Wildman–Crippen LogP) is 1.59. The molecule has 1 fully saturated rings. The number of nitrogens with zero attached hydrogens (tertiary/aromatic N) is 3. The van der Waals surface area contributed by atoms with Crippen LogP contribution >= 0.6 is 11.8 Å². The summed E-state index contributed by atoms with van der Waals surface area (Å²) < 4.78 is 7.61. The standard InChI is InChI=1S/C11H20N4OS/c1-8(2)15-10(6-12)13-14-11(15)17-9-4-3-5-16-7-9/h8-9H,3-7,12H2,1-2H3. The van der Waals surface area contributed by atoms with Crippen LogP contribution in [0.15, 0.2) is 5.16 Å². The molecule has 2 heterocycles. The van der Waals surface area contributed by atoms with Gasteiger partial charge in [-0.2, -0.15) is 0 Å². The summed E-state index contributed by atoms with van der Waals surface area (Å²) in [5, 5.41) is 9.86. The van der Waals surface area contributed by atoms with Gasteiger partial charge in [0.2, 0.25) is 0 Å². The van der Waals surface area contributed by atoms with Crippen molar-refractivity contribution < 1.29 is 4.74 Å². The molecule has 96 valence electrons. The summed E-state index contributed by atoms with van der Waals surface area (Å²) in [5.74, 6) is 0.860. The fourth-order valence-corrected chi connectivity index (χ4v) is 3.26. The van der Waals surface area contributed by atoms with Gasteiger partial charge in [-0.05, 0) is 26.7 Å². The first-order valence-corrected chi connectivity index (χ1v) is 6.98. The molecular weight excluding hydrogens is 236 g/mol. The minimum Gasteiger partial charge on any atom is -0.380 e. The molecule has 1 aromatic rings. The molecule has 0 aromatic carbocycles. The maximum Gasteiger partial charge on any atom is 0.191 e. The summed E-state index contributed by atoms with van der Waals surface area (Å²) >= 11 is 1.76. The number of rotatable bonds is 4. The summed E-state index contributed by atoms with van der Waals surface area (Å²) in [4.78, 5) is 0. The molecule has 0 amide bonds. The van der Waals surface area contributed by atoms with Gasteiger partial charge in [0.15, 0.2) is 5.16 Å². The minimum atomic E-state index is 0.343.